The van der Waals surface area contributed by atoms with Crippen LogP contribution in [0, 0.1) is 6.92 Å². The van der Waals surface area contributed by atoms with Crippen LogP contribution >= 0.6 is 0 Å². The lowest BCUT2D eigenvalue weighted by Gasteiger charge is -2.43. The molecule has 5 aromatic rings. The van der Waals surface area contributed by atoms with Crippen LogP contribution in [0.5, 0.6) is 0 Å². The number of nitrogens with one attached hydrogen (secondary N) is 4. The Balaban J connectivity index is 0.788. The minimum Gasteiger partial charge on any atom is -0.374 e. The van der Waals surface area contributed by atoms with Crippen molar-refractivity contribution in [3.05, 3.63) is 120 Å². The van der Waals surface area contributed by atoms with E-state index in [0.29, 0.717) is 36.1 Å². The van der Waals surface area contributed by atoms with Crippen LogP contribution in [-0.4, -0.2) is 93.8 Å². The molecule has 13 heteroatoms. The van der Waals surface area contributed by atoms with Gasteiger partial charge in [0.1, 0.15) is 6.04 Å². The molecule has 3 aliphatic rings. The van der Waals surface area contributed by atoms with Crippen LogP contribution in [0.25, 0.3) is 11.3 Å². The number of hydrogen-bond donors (Lipinski definition) is 4. The van der Waals surface area contributed by atoms with Gasteiger partial charge in [0.25, 0.3) is 5.91 Å². The molecule has 0 spiro atoms. The molecule has 3 aromatic carbocycles. The van der Waals surface area contributed by atoms with Crippen LogP contribution in [0.3, 0.4) is 0 Å². The minimum absolute atomic E-state index is 0.166. The number of aromatic nitrogens is 3. The second-order valence-electron chi connectivity index (χ2n) is 15.0. The Bertz CT molecular complexity index is 2200. The number of benzene rings is 3. The lowest BCUT2D eigenvalue weighted by Crippen LogP contribution is -2.53. The lowest BCUT2D eigenvalue weighted by molar-refractivity contribution is -0.133. The van der Waals surface area contributed by atoms with E-state index in [-0.39, 0.29) is 23.8 Å². The van der Waals surface area contributed by atoms with E-state index in [1.807, 2.05) is 67.6 Å². The third kappa shape index (κ3) is 9.45. The first-order chi connectivity index (χ1) is 27.8. The molecule has 0 aliphatic carbocycles. The summed E-state index contributed by atoms with van der Waals surface area (Å²) >= 11 is 0. The van der Waals surface area contributed by atoms with Gasteiger partial charge in [-0.25, -0.2) is 9.97 Å². The number of nitrogens with zero attached hydrogens (tertiary/aromatic N) is 6. The summed E-state index contributed by atoms with van der Waals surface area (Å²) in [6.45, 7) is 8.97. The highest BCUT2D eigenvalue weighted by Crippen LogP contribution is 2.27. The number of hydrogen-bond acceptors (Lipinski definition) is 11. The zero-order valence-corrected chi connectivity index (χ0v) is 32.2. The zero-order valence-electron chi connectivity index (χ0n) is 32.2. The molecule has 0 bridgehead atoms. The molecule has 1 unspecified atom stereocenters. The quantitative estimate of drug-likeness (QED) is 0.120. The summed E-state index contributed by atoms with van der Waals surface area (Å²) in [5.41, 5.74) is 8.02. The second-order valence-corrected chi connectivity index (χ2v) is 15.0. The lowest BCUT2D eigenvalue weighted by atomic mass is 10.0. The molecule has 4 N–H and O–H groups in total. The van der Waals surface area contributed by atoms with Crippen LogP contribution in [-0.2, 0) is 16.1 Å². The second kappa shape index (κ2) is 17.3. The number of rotatable bonds is 11. The number of piperazine rings is 1. The van der Waals surface area contributed by atoms with Gasteiger partial charge in [0.05, 0.1) is 5.69 Å². The fourth-order valence-corrected chi connectivity index (χ4v) is 7.90. The average Bonchev–Trinajstić information content (AvgIpc) is 3.24. The summed E-state index contributed by atoms with van der Waals surface area (Å²) in [5.74, 6) is -0.161. The molecule has 0 radical (unpaired) electrons. The van der Waals surface area contributed by atoms with Crippen LogP contribution < -0.4 is 26.2 Å². The molecular weight excluding hydrogens is 717 g/mol. The Labute approximate surface area is 332 Å². The summed E-state index contributed by atoms with van der Waals surface area (Å²) in [7, 11) is 0. The highest BCUT2D eigenvalue weighted by atomic mass is 16.2. The number of carbonyl (C=O) groups excluding carboxylic acids is 3. The van der Waals surface area contributed by atoms with Crippen molar-refractivity contribution >= 4 is 46.4 Å². The summed E-state index contributed by atoms with van der Waals surface area (Å²) in [4.78, 5) is 57.8. The Kier molecular flexibility index (Phi) is 11.5. The van der Waals surface area contributed by atoms with Crippen molar-refractivity contribution in [2.24, 2.45) is 0 Å². The number of piperidine rings is 2. The van der Waals surface area contributed by atoms with Crippen LogP contribution in [0.15, 0.2) is 104 Å². The van der Waals surface area contributed by atoms with Crippen molar-refractivity contribution in [3.63, 3.8) is 0 Å². The molecule has 1 atom stereocenters. The predicted octanol–water partition coefficient (Wildman–Crippen LogP) is 5.85. The standard InChI is InChI=1S/C44H48N10O3/c1-30-7-10-35(27-40(30)50-44-46-19-15-38(49-44)33-5-3-18-45-28-33)48-42(56)32-8-11-36(12-9-32)53-20-16-37(17-21-53)54-24-22-52(23-25-54)29-31-4-2-6-34(26-31)47-39-13-14-41(55)51-43(39)57/h2-12,15,18-19,26-28,37,39,47H,13-14,16-17,20-25,29H2,1H3,(H,48,56)(H,46,49,50)(H,51,55,57). The highest BCUT2D eigenvalue weighted by molar-refractivity contribution is 6.04. The van der Waals surface area contributed by atoms with E-state index in [1.54, 1.807) is 18.6 Å². The fourth-order valence-electron chi connectivity index (χ4n) is 7.90. The van der Waals surface area contributed by atoms with E-state index < -0.39 is 0 Å². The zero-order chi connectivity index (χ0) is 39.1. The Morgan fingerprint density at radius 2 is 1.67 bits per heavy atom. The van der Waals surface area contributed by atoms with E-state index >= 15 is 0 Å². The van der Waals surface area contributed by atoms with Gasteiger partial charge in [-0.05, 0) is 104 Å². The van der Waals surface area contributed by atoms with Gasteiger partial charge in [0, 0.05) is 111 Å². The first-order valence-corrected chi connectivity index (χ1v) is 19.8. The summed E-state index contributed by atoms with van der Waals surface area (Å²) < 4.78 is 0. The van der Waals surface area contributed by atoms with Gasteiger partial charge in [-0.2, -0.15) is 0 Å². The van der Waals surface area contributed by atoms with E-state index in [2.05, 4.69) is 75.2 Å². The molecule has 8 rings (SSSR count). The molecule has 3 fully saturated rings. The fraction of sp³-hybridized carbons (Fsp3) is 0.318. The van der Waals surface area contributed by atoms with Gasteiger partial charge in [-0.3, -0.25) is 34.5 Å². The van der Waals surface area contributed by atoms with Crippen LogP contribution in [0.1, 0.15) is 47.2 Å². The number of pyridine rings is 1. The van der Waals surface area contributed by atoms with Gasteiger partial charge in [0.15, 0.2) is 0 Å². The smallest absolute Gasteiger partial charge is 0.255 e. The summed E-state index contributed by atoms with van der Waals surface area (Å²) in [6.07, 6.45) is 8.30. The monoisotopic (exact) mass is 764 g/mol. The van der Waals surface area contributed by atoms with Gasteiger partial charge in [-0.1, -0.05) is 18.2 Å². The van der Waals surface area contributed by atoms with E-state index in [0.717, 1.165) is 92.5 Å². The van der Waals surface area contributed by atoms with Gasteiger partial charge < -0.3 is 20.9 Å². The molecule has 5 heterocycles. The van der Waals surface area contributed by atoms with Crippen LogP contribution in [0.2, 0.25) is 0 Å². The van der Waals surface area contributed by atoms with Crippen molar-refractivity contribution in [2.45, 2.75) is 51.2 Å². The van der Waals surface area contributed by atoms with Crippen molar-refractivity contribution in [1.29, 1.82) is 0 Å². The topological polar surface area (TPSA) is 148 Å². The molecule has 13 nitrogen and oxygen atoms in total. The first-order valence-electron chi connectivity index (χ1n) is 19.8. The van der Waals surface area contributed by atoms with Gasteiger partial charge >= 0.3 is 0 Å². The van der Waals surface area contributed by atoms with Crippen molar-refractivity contribution in [2.75, 3.05) is 60.1 Å². The molecule has 2 aromatic heterocycles. The van der Waals surface area contributed by atoms with E-state index in [4.69, 9.17) is 0 Å². The Morgan fingerprint density at radius 3 is 2.44 bits per heavy atom. The summed E-state index contributed by atoms with van der Waals surface area (Å²) in [5, 5.41) is 12.1. The Morgan fingerprint density at radius 1 is 0.842 bits per heavy atom. The number of amides is 3. The molecule has 57 heavy (non-hydrogen) atoms. The minimum atomic E-state index is -0.382. The third-order valence-electron chi connectivity index (χ3n) is 11.2. The largest absolute Gasteiger partial charge is 0.374 e. The van der Waals surface area contributed by atoms with Crippen LogP contribution in [0.4, 0.5) is 28.7 Å². The maximum Gasteiger partial charge on any atom is 0.255 e. The maximum absolute atomic E-state index is 13.3. The van der Waals surface area contributed by atoms with E-state index in [9.17, 15) is 14.4 Å². The molecular formula is C44H48N10O3. The Hall–Kier alpha value is -6.18. The highest BCUT2D eigenvalue weighted by Gasteiger charge is 2.29. The van der Waals surface area contributed by atoms with Crippen molar-refractivity contribution < 1.29 is 14.4 Å². The normalized spacial score (nSPS) is 18.2. The van der Waals surface area contributed by atoms with Crippen molar-refractivity contribution in [3.8, 4) is 11.3 Å². The third-order valence-corrected chi connectivity index (χ3v) is 11.2. The maximum atomic E-state index is 13.3. The number of anilines is 5. The number of imide groups is 1. The van der Waals surface area contributed by atoms with Gasteiger partial charge in [-0.15, -0.1) is 0 Å². The molecule has 3 amide bonds. The first kappa shape index (κ1) is 37.7. The molecule has 0 saturated carbocycles. The molecule has 292 valence electrons. The molecule has 3 aliphatic heterocycles. The van der Waals surface area contributed by atoms with E-state index in [1.165, 1.54) is 5.56 Å². The van der Waals surface area contributed by atoms with Gasteiger partial charge in [0.2, 0.25) is 17.8 Å². The molecule has 3 saturated heterocycles. The SMILES string of the molecule is Cc1ccc(NC(=O)c2ccc(N3CCC(N4CCN(Cc5cccc(NC6CCC(=O)NC6=O)c5)CC4)CC3)cc2)cc1Nc1nccc(-c2cccnc2)n1. The van der Waals surface area contributed by atoms with Crippen molar-refractivity contribution in [1.82, 2.24) is 30.1 Å². The predicted molar refractivity (Wildman–Crippen MR) is 222 cm³/mol. The number of carbonyl (C=O) groups is 3. The summed E-state index contributed by atoms with van der Waals surface area (Å²) in [6, 6.07) is 27.8. The average molecular weight is 765 g/mol. The number of aryl methyl sites for hydroxylation is 1.